The van der Waals surface area contributed by atoms with Crippen LogP contribution in [-0.2, 0) is 0 Å². The van der Waals surface area contributed by atoms with Gasteiger partial charge in [-0.3, -0.25) is 4.79 Å². The number of amides is 1. The second-order valence-corrected chi connectivity index (χ2v) is 7.26. The number of benzene rings is 1. The van der Waals surface area contributed by atoms with Crippen LogP contribution in [-0.4, -0.2) is 27.3 Å². The molecule has 1 amide bonds. The first-order valence-corrected chi connectivity index (χ1v) is 8.53. The number of hydrogen-bond acceptors (Lipinski definition) is 3. The minimum atomic E-state index is -0.305. The highest BCUT2D eigenvalue weighted by atomic mass is 35.5. The van der Waals surface area contributed by atoms with Gasteiger partial charge in [0.05, 0.1) is 26.3 Å². The van der Waals surface area contributed by atoms with Crippen LogP contribution in [0.25, 0.3) is 11.0 Å². The third kappa shape index (κ3) is 2.62. The van der Waals surface area contributed by atoms with E-state index in [0.717, 1.165) is 12.8 Å². The summed E-state index contributed by atoms with van der Waals surface area (Å²) in [6.45, 7) is 0.685. The van der Waals surface area contributed by atoms with E-state index < -0.39 is 0 Å². The number of carbonyl (C=O) groups is 1. The van der Waals surface area contributed by atoms with Gasteiger partial charge in [-0.1, -0.05) is 11.6 Å². The van der Waals surface area contributed by atoms with E-state index in [1.165, 1.54) is 23.5 Å². The summed E-state index contributed by atoms with van der Waals surface area (Å²) in [5, 5.41) is 0. The zero-order chi connectivity index (χ0) is 16.0. The normalized spacial score (nSPS) is 18.0. The minimum absolute atomic E-state index is 0.0314. The van der Waals surface area contributed by atoms with Crippen molar-refractivity contribution >= 4 is 39.9 Å². The Balaban J connectivity index is 1.67. The summed E-state index contributed by atoms with van der Waals surface area (Å²) in [5.41, 5.74) is 1.36. The van der Waals surface area contributed by atoms with Gasteiger partial charge in [0, 0.05) is 6.54 Å². The number of rotatable bonds is 2. The molecule has 1 fully saturated rings. The molecule has 0 unspecified atom stereocenters. The summed E-state index contributed by atoms with van der Waals surface area (Å²) in [7, 11) is 0. The number of carbonyl (C=O) groups excluding carboxylic acids is 1. The van der Waals surface area contributed by atoms with Gasteiger partial charge in [0.1, 0.15) is 11.6 Å². The van der Waals surface area contributed by atoms with Crippen molar-refractivity contribution in [3.8, 4) is 0 Å². The Kier molecular flexibility index (Phi) is 3.58. The molecule has 118 valence electrons. The average Bonchev–Trinajstić information content (AvgIpc) is 3.23. The molecule has 0 aliphatic carbocycles. The quantitative estimate of drug-likeness (QED) is 0.745. The Morgan fingerprint density at radius 2 is 2.26 bits per heavy atom. The van der Waals surface area contributed by atoms with Gasteiger partial charge in [0.25, 0.3) is 5.91 Å². The van der Waals surface area contributed by atoms with E-state index in [4.69, 9.17) is 11.6 Å². The van der Waals surface area contributed by atoms with Gasteiger partial charge in [0.15, 0.2) is 0 Å². The van der Waals surface area contributed by atoms with Crippen LogP contribution in [0.1, 0.15) is 34.4 Å². The van der Waals surface area contributed by atoms with Crippen molar-refractivity contribution in [3.05, 3.63) is 51.2 Å². The standard InChI is InChI=1S/C16H13ClFN3OS/c17-14-6-5-13(23-14)16(22)21-7-1-2-12(21)15-19-10-4-3-9(18)8-11(10)20-15/h3-6,8,12H,1-2,7H2,(H,19,20)/t12-/m0/s1. The number of fused-ring (bicyclic) bond motifs is 1. The Hall–Kier alpha value is -1.92. The summed E-state index contributed by atoms with van der Waals surface area (Å²) >= 11 is 7.21. The lowest BCUT2D eigenvalue weighted by atomic mass is 10.2. The average molecular weight is 350 g/mol. The van der Waals surface area contributed by atoms with Crippen molar-refractivity contribution in [1.82, 2.24) is 14.9 Å². The maximum Gasteiger partial charge on any atom is 0.264 e. The van der Waals surface area contributed by atoms with Crippen molar-refractivity contribution in [2.24, 2.45) is 0 Å². The summed E-state index contributed by atoms with van der Waals surface area (Å²) in [6, 6.07) is 7.82. The van der Waals surface area contributed by atoms with Crippen molar-refractivity contribution in [1.29, 1.82) is 0 Å². The van der Waals surface area contributed by atoms with E-state index in [9.17, 15) is 9.18 Å². The third-order valence-electron chi connectivity index (χ3n) is 4.08. The molecule has 3 heterocycles. The van der Waals surface area contributed by atoms with Gasteiger partial charge in [-0.15, -0.1) is 11.3 Å². The molecule has 0 radical (unpaired) electrons. The lowest BCUT2D eigenvalue weighted by Gasteiger charge is -2.22. The highest BCUT2D eigenvalue weighted by Crippen LogP contribution is 2.34. The van der Waals surface area contributed by atoms with Crippen LogP contribution in [0.3, 0.4) is 0 Å². The van der Waals surface area contributed by atoms with E-state index in [-0.39, 0.29) is 17.8 Å². The first kappa shape index (κ1) is 14.7. The van der Waals surface area contributed by atoms with Crippen LogP contribution in [0.5, 0.6) is 0 Å². The number of nitrogens with zero attached hydrogens (tertiary/aromatic N) is 2. The van der Waals surface area contributed by atoms with E-state index in [1.807, 2.05) is 4.90 Å². The molecule has 1 aliphatic heterocycles. The molecule has 4 nitrogen and oxygen atoms in total. The predicted octanol–water partition coefficient (Wildman–Crippen LogP) is 4.39. The van der Waals surface area contributed by atoms with Crippen LogP contribution in [0.2, 0.25) is 4.34 Å². The van der Waals surface area contributed by atoms with E-state index in [1.54, 1.807) is 18.2 Å². The summed E-state index contributed by atoms with van der Waals surface area (Å²) in [4.78, 5) is 22.8. The van der Waals surface area contributed by atoms with Gasteiger partial charge in [-0.2, -0.15) is 0 Å². The molecule has 1 N–H and O–H groups in total. The van der Waals surface area contributed by atoms with Gasteiger partial charge >= 0.3 is 0 Å². The van der Waals surface area contributed by atoms with Crippen molar-refractivity contribution < 1.29 is 9.18 Å². The first-order chi connectivity index (χ1) is 11.1. The number of thiophene rings is 1. The predicted molar refractivity (Wildman–Crippen MR) is 88.4 cm³/mol. The Bertz CT molecular complexity index is 890. The Labute approximate surface area is 140 Å². The van der Waals surface area contributed by atoms with E-state index >= 15 is 0 Å². The lowest BCUT2D eigenvalue weighted by molar-refractivity contribution is 0.0735. The molecule has 2 aromatic heterocycles. The molecule has 4 rings (SSSR count). The Morgan fingerprint density at radius 3 is 3.04 bits per heavy atom. The van der Waals surface area contributed by atoms with E-state index in [0.29, 0.717) is 32.6 Å². The van der Waals surface area contributed by atoms with Crippen LogP contribution in [0.4, 0.5) is 4.39 Å². The molecule has 7 heteroatoms. The van der Waals surface area contributed by atoms with Gasteiger partial charge in [-0.05, 0) is 43.2 Å². The molecule has 0 bridgehead atoms. The number of hydrogen-bond donors (Lipinski definition) is 1. The molecular formula is C16H13ClFN3OS. The molecule has 0 saturated carbocycles. The molecular weight excluding hydrogens is 337 g/mol. The molecule has 3 aromatic rings. The summed E-state index contributed by atoms with van der Waals surface area (Å²) in [6.07, 6.45) is 1.76. The van der Waals surface area contributed by atoms with Crippen LogP contribution >= 0.6 is 22.9 Å². The highest BCUT2D eigenvalue weighted by molar-refractivity contribution is 7.17. The number of aromatic amines is 1. The molecule has 1 atom stereocenters. The third-order valence-corrected chi connectivity index (χ3v) is 5.29. The fraction of sp³-hybridized carbons (Fsp3) is 0.250. The molecule has 1 saturated heterocycles. The number of imidazole rings is 1. The van der Waals surface area contributed by atoms with Crippen LogP contribution in [0, 0.1) is 5.82 Å². The largest absolute Gasteiger partial charge is 0.340 e. The fourth-order valence-electron chi connectivity index (χ4n) is 3.02. The van der Waals surface area contributed by atoms with Crippen molar-refractivity contribution in [3.63, 3.8) is 0 Å². The summed E-state index contributed by atoms with van der Waals surface area (Å²) in [5.74, 6) is 0.371. The second-order valence-electron chi connectivity index (χ2n) is 5.54. The number of halogens is 2. The summed E-state index contributed by atoms with van der Waals surface area (Å²) < 4.78 is 13.9. The number of nitrogens with one attached hydrogen (secondary N) is 1. The van der Waals surface area contributed by atoms with Gasteiger partial charge < -0.3 is 9.88 Å². The fourth-order valence-corrected chi connectivity index (χ4v) is 4.02. The maximum absolute atomic E-state index is 13.3. The zero-order valence-electron chi connectivity index (χ0n) is 12.1. The van der Waals surface area contributed by atoms with Gasteiger partial charge in [-0.25, -0.2) is 9.37 Å². The topological polar surface area (TPSA) is 49.0 Å². The molecule has 23 heavy (non-hydrogen) atoms. The van der Waals surface area contributed by atoms with Crippen molar-refractivity contribution in [2.45, 2.75) is 18.9 Å². The van der Waals surface area contributed by atoms with Crippen LogP contribution in [0.15, 0.2) is 30.3 Å². The molecule has 1 aromatic carbocycles. The number of likely N-dealkylation sites (tertiary alicyclic amines) is 1. The smallest absolute Gasteiger partial charge is 0.264 e. The molecule has 1 aliphatic rings. The highest BCUT2D eigenvalue weighted by Gasteiger charge is 2.33. The molecule has 0 spiro atoms. The van der Waals surface area contributed by atoms with Crippen molar-refractivity contribution in [2.75, 3.05) is 6.54 Å². The maximum atomic E-state index is 13.3. The second kappa shape index (κ2) is 5.62. The van der Waals surface area contributed by atoms with Crippen LogP contribution < -0.4 is 0 Å². The first-order valence-electron chi connectivity index (χ1n) is 7.33. The van der Waals surface area contributed by atoms with Gasteiger partial charge in [0.2, 0.25) is 0 Å². The number of aromatic nitrogens is 2. The zero-order valence-corrected chi connectivity index (χ0v) is 13.6. The number of H-pyrrole nitrogens is 1. The SMILES string of the molecule is O=C(c1ccc(Cl)s1)N1CCC[C@H]1c1nc2ccc(F)cc2[nH]1. The minimum Gasteiger partial charge on any atom is -0.340 e. The van der Waals surface area contributed by atoms with E-state index in [2.05, 4.69) is 9.97 Å². The Morgan fingerprint density at radius 1 is 1.39 bits per heavy atom. The monoisotopic (exact) mass is 349 g/mol. The lowest BCUT2D eigenvalue weighted by Crippen LogP contribution is -2.30.